The summed E-state index contributed by atoms with van der Waals surface area (Å²) in [6, 6.07) is 0. The predicted molar refractivity (Wildman–Crippen MR) is 134 cm³/mol. The van der Waals surface area contributed by atoms with Gasteiger partial charge in [-0.3, -0.25) is 4.79 Å². The van der Waals surface area contributed by atoms with Crippen molar-refractivity contribution < 1.29 is 19.4 Å². The van der Waals surface area contributed by atoms with Gasteiger partial charge in [0.25, 0.3) is 0 Å². The molecule has 192 valence electrons. The number of fused-ring (bicyclic) bond motifs is 2. The van der Waals surface area contributed by atoms with Crippen LogP contribution in [-0.4, -0.2) is 34.5 Å². The largest absolute Gasteiger partial charge is 0.462 e. The third-order valence-electron chi connectivity index (χ3n) is 12.2. The van der Waals surface area contributed by atoms with Gasteiger partial charge in [0.1, 0.15) is 6.10 Å². The van der Waals surface area contributed by atoms with Gasteiger partial charge in [0, 0.05) is 12.3 Å². The van der Waals surface area contributed by atoms with Gasteiger partial charge in [0.05, 0.1) is 17.3 Å². The maximum Gasteiger partial charge on any atom is 0.306 e. The molecule has 5 aliphatic rings. The predicted octanol–water partition coefficient (Wildman–Crippen LogP) is 6.45. The van der Waals surface area contributed by atoms with Gasteiger partial charge >= 0.3 is 5.97 Å². The Balaban J connectivity index is 1.54. The molecule has 4 heteroatoms. The van der Waals surface area contributed by atoms with E-state index >= 15 is 0 Å². The Morgan fingerprint density at radius 3 is 2.29 bits per heavy atom. The molecule has 34 heavy (non-hydrogen) atoms. The Hall–Kier alpha value is -0.870. The Labute approximate surface area is 207 Å². The van der Waals surface area contributed by atoms with E-state index in [0.29, 0.717) is 30.1 Å². The average molecular weight is 473 g/mol. The van der Waals surface area contributed by atoms with Crippen LogP contribution < -0.4 is 0 Å². The number of hydrogen-bond donors (Lipinski definition) is 1. The lowest BCUT2D eigenvalue weighted by molar-refractivity contribution is -0.224. The van der Waals surface area contributed by atoms with Crippen molar-refractivity contribution in [1.29, 1.82) is 0 Å². The standard InChI is InChI=1S/C30H48O4/c1-18(2)19-9-15-29(7)25-22(33-24(31)12-13-27(19,25)5)17-21-20(10-14-28(21,29)6)30(8)16-11-23(34-30)26(3,4)32/h19-23,25,32H,1,9-17H2,2-8H3/t19-,20+,21-,22-,23-,25-,27+,28-,29-,30+/m1/s1. The SMILES string of the molecule is C=C(C)[C@H]1CC[C@]2(C)[C@@H]3[C@@H](C[C@@H]4[C@@H]([C@]5(C)CC[C@H](C(C)(C)O)O5)CC[C@]42C)OC(=O)CC[C@@]13C. The first kappa shape index (κ1) is 24.8. The highest BCUT2D eigenvalue weighted by Gasteiger charge is 2.71. The molecule has 0 unspecified atom stereocenters. The van der Waals surface area contributed by atoms with E-state index in [9.17, 15) is 9.90 Å². The van der Waals surface area contributed by atoms with Crippen LogP contribution in [0.25, 0.3) is 0 Å². The van der Waals surface area contributed by atoms with Crippen LogP contribution in [0.1, 0.15) is 106 Å². The number of carbonyl (C=O) groups is 1. The second-order valence-electron chi connectivity index (χ2n) is 14.4. The third-order valence-corrected chi connectivity index (χ3v) is 12.2. The van der Waals surface area contributed by atoms with Gasteiger partial charge in [-0.1, -0.05) is 32.9 Å². The van der Waals surface area contributed by atoms with Crippen LogP contribution in [0.4, 0.5) is 0 Å². The minimum atomic E-state index is -0.817. The van der Waals surface area contributed by atoms with Crippen molar-refractivity contribution in [2.45, 2.75) is 130 Å². The van der Waals surface area contributed by atoms with Gasteiger partial charge in [-0.05, 0) is 113 Å². The van der Waals surface area contributed by atoms with E-state index in [1.54, 1.807) is 0 Å². The maximum atomic E-state index is 12.9. The molecule has 3 saturated carbocycles. The smallest absolute Gasteiger partial charge is 0.306 e. The topological polar surface area (TPSA) is 55.8 Å². The second-order valence-corrected chi connectivity index (χ2v) is 14.4. The van der Waals surface area contributed by atoms with Crippen molar-refractivity contribution in [1.82, 2.24) is 0 Å². The lowest BCUT2D eigenvalue weighted by Crippen LogP contribution is -2.64. The fraction of sp³-hybridized carbons (Fsp3) is 0.900. The summed E-state index contributed by atoms with van der Waals surface area (Å²) in [6.45, 7) is 20.2. The minimum absolute atomic E-state index is 0.00740. The van der Waals surface area contributed by atoms with Crippen molar-refractivity contribution in [3.63, 3.8) is 0 Å². The van der Waals surface area contributed by atoms with E-state index in [1.807, 2.05) is 13.8 Å². The van der Waals surface area contributed by atoms with Crippen LogP contribution >= 0.6 is 0 Å². The highest BCUT2D eigenvalue weighted by molar-refractivity contribution is 5.70. The van der Waals surface area contributed by atoms with Crippen LogP contribution in [0.5, 0.6) is 0 Å². The average Bonchev–Trinajstić information content (AvgIpc) is 3.25. The molecule has 5 fully saturated rings. The number of hydrogen-bond acceptors (Lipinski definition) is 4. The number of rotatable bonds is 3. The molecule has 3 aliphatic carbocycles. The molecule has 0 aromatic heterocycles. The Morgan fingerprint density at radius 2 is 1.68 bits per heavy atom. The van der Waals surface area contributed by atoms with Gasteiger partial charge in [-0.25, -0.2) is 0 Å². The van der Waals surface area contributed by atoms with E-state index in [0.717, 1.165) is 25.7 Å². The Kier molecular flexibility index (Phi) is 5.52. The van der Waals surface area contributed by atoms with Crippen LogP contribution in [0.2, 0.25) is 0 Å². The molecule has 0 aromatic carbocycles. The molecule has 5 rings (SSSR count). The van der Waals surface area contributed by atoms with Crippen LogP contribution in [0.15, 0.2) is 12.2 Å². The van der Waals surface area contributed by atoms with Gasteiger partial charge in [-0.2, -0.15) is 0 Å². The zero-order chi connectivity index (χ0) is 24.9. The first-order valence-corrected chi connectivity index (χ1v) is 13.9. The second kappa shape index (κ2) is 7.57. The lowest BCUT2D eigenvalue weighted by atomic mass is 9.37. The molecule has 2 aliphatic heterocycles. The molecule has 0 bridgehead atoms. The zero-order valence-corrected chi connectivity index (χ0v) is 22.7. The number of ether oxygens (including phenoxy) is 2. The van der Waals surface area contributed by atoms with Crippen molar-refractivity contribution >= 4 is 5.97 Å². The molecule has 0 spiro atoms. The minimum Gasteiger partial charge on any atom is -0.462 e. The van der Waals surface area contributed by atoms with Crippen LogP contribution in [-0.2, 0) is 14.3 Å². The molecule has 0 amide bonds. The highest BCUT2D eigenvalue weighted by Crippen LogP contribution is 2.75. The van der Waals surface area contributed by atoms with Gasteiger partial charge < -0.3 is 14.6 Å². The van der Waals surface area contributed by atoms with E-state index in [2.05, 4.69) is 41.2 Å². The maximum absolute atomic E-state index is 12.9. The molecule has 10 atom stereocenters. The van der Waals surface area contributed by atoms with E-state index in [4.69, 9.17) is 9.47 Å². The Morgan fingerprint density at radius 1 is 1.00 bits per heavy atom. The quantitative estimate of drug-likeness (QED) is 0.379. The normalized spacial score (nSPS) is 53.0. The molecule has 0 aromatic rings. The fourth-order valence-corrected chi connectivity index (χ4v) is 10.4. The molecule has 2 heterocycles. The summed E-state index contributed by atoms with van der Waals surface area (Å²) in [5.74, 6) is 1.74. The van der Waals surface area contributed by atoms with Crippen molar-refractivity contribution in [3.05, 3.63) is 12.2 Å². The summed E-state index contributed by atoms with van der Waals surface area (Å²) < 4.78 is 13.0. The molecule has 2 saturated heterocycles. The number of esters is 1. The summed E-state index contributed by atoms with van der Waals surface area (Å²) in [4.78, 5) is 12.9. The fourth-order valence-electron chi connectivity index (χ4n) is 10.4. The van der Waals surface area contributed by atoms with Gasteiger partial charge in [0.2, 0.25) is 0 Å². The highest BCUT2D eigenvalue weighted by atomic mass is 16.5. The lowest BCUT2D eigenvalue weighted by Gasteiger charge is -2.67. The molecule has 0 radical (unpaired) electrons. The first-order valence-electron chi connectivity index (χ1n) is 13.9. The Bertz CT molecular complexity index is 874. The molecular weight excluding hydrogens is 424 g/mol. The summed E-state index contributed by atoms with van der Waals surface area (Å²) in [5, 5.41) is 10.7. The van der Waals surface area contributed by atoms with Crippen molar-refractivity contribution in [3.8, 4) is 0 Å². The van der Waals surface area contributed by atoms with Crippen LogP contribution in [0, 0.1) is 39.9 Å². The van der Waals surface area contributed by atoms with E-state index in [-0.39, 0.29) is 40.0 Å². The molecule has 1 N–H and O–H groups in total. The van der Waals surface area contributed by atoms with E-state index in [1.165, 1.54) is 31.3 Å². The summed E-state index contributed by atoms with van der Waals surface area (Å²) in [6.07, 6.45) is 8.93. The summed E-state index contributed by atoms with van der Waals surface area (Å²) in [5.41, 5.74) is 0.633. The van der Waals surface area contributed by atoms with Gasteiger partial charge in [-0.15, -0.1) is 0 Å². The van der Waals surface area contributed by atoms with Crippen molar-refractivity contribution in [2.75, 3.05) is 0 Å². The molecule has 4 nitrogen and oxygen atoms in total. The number of aliphatic hydroxyl groups is 1. The zero-order valence-electron chi connectivity index (χ0n) is 22.7. The first-order chi connectivity index (χ1) is 15.7. The summed E-state index contributed by atoms with van der Waals surface area (Å²) >= 11 is 0. The number of allylic oxidation sites excluding steroid dienone is 1. The van der Waals surface area contributed by atoms with E-state index < -0.39 is 5.60 Å². The van der Waals surface area contributed by atoms with Crippen molar-refractivity contribution in [2.24, 2.45) is 39.9 Å². The number of carbonyl (C=O) groups excluding carboxylic acids is 1. The molecular formula is C30H48O4. The monoisotopic (exact) mass is 472 g/mol. The van der Waals surface area contributed by atoms with Gasteiger partial charge in [0.15, 0.2) is 0 Å². The third kappa shape index (κ3) is 3.26. The van der Waals surface area contributed by atoms with Crippen LogP contribution in [0.3, 0.4) is 0 Å². The summed E-state index contributed by atoms with van der Waals surface area (Å²) in [7, 11) is 0.